The lowest BCUT2D eigenvalue weighted by Gasteiger charge is -2.14. The highest BCUT2D eigenvalue weighted by atomic mass is 16.3. The van der Waals surface area contributed by atoms with Crippen LogP contribution in [0.25, 0.3) is 5.69 Å². The maximum Gasteiger partial charge on any atom is 0.315 e. The van der Waals surface area contributed by atoms with Crippen LogP contribution in [-0.2, 0) is 6.54 Å². The number of aliphatic hydroxyl groups is 1. The van der Waals surface area contributed by atoms with Crippen molar-refractivity contribution < 1.29 is 9.90 Å². The lowest BCUT2D eigenvalue weighted by Crippen LogP contribution is -2.37. The van der Waals surface area contributed by atoms with Crippen molar-refractivity contribution in [1.82, 2.24) is 20.2 Å². The van der Waals surface area contributed by atoms with Crippen molar-refractivity contribution in [2.75, 3.05) is 6.54 Å². The summed E-state index contributed by atoms with van der Waals surface area (Å²) in [4.78, 5) is 15.8. The minimum atomic E-state index is -0.344. The molecule has 0 saturated heterocycles. The molecule has 1 aromatic carbocycles. The van der Waals surface area contributed by atoms with E-state index in [2.05, 4.69) is 15.6 Å². The van der Waals surface area contributed by atoms with Crippen LogP contribution in [0.3, 0.4) is 0 Å². The van der Waals surface area contributed by atoms with E-state index in [1.54, 1.807) is 19.4 Å². The van der Waals surface area contributed by atoms with Crippen molar-refractivity contribution in [3.63, 3.8) is 0 Å². The molecule has 1 aromatic heterocycles. The average Bonchev–Trinajstić information content (AvgIpc) is 3.05. The summed E-state index contributed by atoms with van der Waals surface area (Å²) in [7, 11) is 0. The molecule has 0 fully saturated rings. The third kappa shape index (κ3) is 5.75. The molecule has 2 unspecified atom stereocenters. The number of nitrogens with zero attached hydrogens (tertiary/aromatic N) is 2. The van der Waals surface area contributed by atoms with Gasteiger partial charge >= 0.3 is 6.03 Å². The van der Waals surface area contributed by atoms with Crippen molar-refractivity contribution in [2.45, 2.75) is 32.9 Å². The van der Waals surface area contributed by atoms with E-state index in [1.807, 2.05) is 42.0 Å². The maximum atomic E-state index is 11.8. The number of carbonyl (C=O) groups is 1. The molecule has 124 valence electrons. The number of nitrogens with one attached hydrogen (secondary N) is 2. The highest BCUT2D eigenvalue weighted by Gasteiger charge is 2.08. The van der Waals surface area contributed by atoms with Crippen molar-refractivity contribution in [3.8, 4) is 5.69 Å². The molecule has 2 rings (SSSR count). The molecular formula is C17H24N4O2. The Balaban J connectivity index is 1.74. The molecule has 3 N–H and O–H groups in total. The molecule has 0 aliphatic carbocycles. The van der Waals surface area contributed by atoms with Gasteiger partial charge in [0.25, 0.3) is 0 Å². The van der Waals surface area contributed by atoms with Gasteiger partial charge in [-0.05, 0) is 37.0 Å². The molecule has 0 bridgehead atoms. The number of amides is 2. The molecule has 1 heterocycles. The summed E-state index contributed by atoms with van der Waals surface area (Å²) < 4.78 is 1.92. The molecule has 6 heteroatoms. The normalized spacial score (nSPS) is 13.3. The van der Waals surface area contributed by atoms with Crippen LogP contribution in [-0.4, -0.2) is 33.3 Å². The molecular weight excluding hydrogens is 292 g/mol. The van der Waals surface area contributed by atoms with Gasteiger partial charge in [-0.1, -0.05) is 19.1 Å². The molecule has 0 aliphatic heterocycles. The zero-order valence-corrected chi connectivity index (χ0v) is 13.6. The van der Waals surface area contributed by atoms with Crippen LogP contribution in [0.4, 0.5) is 4.79 Å². The van der Waals surface area contributed by atoms with Crippen LogP contribution in [0, 0.1) is 5.92 Å². The summed E-state index contributed by atoms with van der Waals surface area (Å²) in [5.41, 5.74) is 2.06. The number of imidazole rings is 1. The first-order valence-electron chi connectivity index (χ1n) is 7.81. The first-order chi connectivity index (χ1) is 11.0. The van der Waals surface area contributed by atoms with Crippen LogP contribution in [0.2, 0.25) is 0 Å². The van der Waals surface area contributed by atoms with Gasteiger partial charge in [0.05, 0.1) is 12.4 Å². The fourth-order valence-electron chi connectivity index (χ4n) is 2.38. The van der Waals surface area contributed by atoms with E-state index in [1.165, 1.54) is 0 Å². The summed E-state index contributed by atoms with van der Waals surface area (Å²) >= 11 is 0. The van der Waals surface area contributed by atoms with Crippen molar-refractivity contribution >= 4 is 6.03 Å². The fraction of sp³-hybridized carbons (Fsp3) is 0.412. The van der Waals surface area contributed by atoms with E-state index in [4.69, 9.17) is 0 Å². The predicted molar refractivity (Wildman–Crippen MR) is 89.3 cm³/mol. The number of urea groups is 1. The lowest BCUT2D eigenvalue weighted by molar-refractivity contribution is 0.163. The Bertz CT molecular complexity index is 594. The second-order valence-corrected chi connectivity index (χ2v) is 5.89. The Labute approximate surface area is 136 Å². The Morgan fingerprint density at radius 2 is 2.00 bits per heavy atom. The monoisotopic (exact) mass is 316 g/mol. The Kier molecular flexibility index (Phi) is 6.17. The van der Waals surface area contributed by atoms with Crippen LogP contribution in [0.15, 0.2) is 43.0 Å². The van der Waals surface area contributed by atoms with E-state index < -0.39 is 0 Å². The standard InChI is InChI=1S/C17H24N4O2/c1-13(9-14(2)22)10-19-17(23)20-11-15-3-5-16(6-4-15)21-8-7-18-12-21/h3-8,12-14,22H,9-11H2,1-2H3,(H2,19,20,23). The van der Waals surface area contributed by atoms with Crippen LogP contribution in [0.5, 0.6) is 0 Å². The van der Waals surface area contributed by atoms with Gasteiger partial charge in [-0.25, -0.2) is 9.78 Å². The number of hydrogen-bond donors (Lipinski definition) is 3. The summed E-state index contributed by atoms with van der Waals surface area (Å²) in [5, 5.41) is 14.9. The summed E-state index contributed by atoms with van der Waals surface area (Å²) in [6.07, 6.45) is 5.70. The highest BCUT2D eigenvalue weighted by Crippen LogP contribution is 2.09. The zero-order chi connectivity index (χ0) is 16.7. The lowest BCUT2D eigenvalue weighted by atomic mass is 10.1. The minimum absolute atomic E-state index is 0.193. The Morgan fingerprint density at radius 1 is 1.26 bits per heavy atom. The fourth-order valence-corrected chi connectivity index (χ4v) is 2.38. The molecule has 23 heavy (non-hydrogen) atoms. The zero-order valence-electron chi connectivity index (χ0n) is 13.6. The second kappa shape index (κ2) is 8.33. The number of carbonyl (C=O) groups excluding carboxylic acids is 1. The third-order valence-corrected chi connectivity index (χ3v) is 3.55. The number of benzene rings is 1. The SMILES string of the molecule is CC(O)CC(C)CNC(=O)NCc1ccc(-n2ccnc2)cc1. The van der Waals surface area contributed by atoms with Crippen molar-refractivity contribution in [1.29, 1.82) is 0 Å². The first-order valence-corrected chi connectivity index (χ1v) is 7.81. The number of aromatic nitrogens is 2. The predicted octanol–water partition coefficient (Wildman–Crippen LogP) is 2.08. The van der Waals surface area contributed by atoms with Gasteiger partial charge in [0, 0.05) is 31.2 Å². The van der Waals surface area contributed by atoms with Crippen molar-refractivity contribution in [2.24, 2.45) is 5.92 Å². The molecule has 2 atom stereocenters. The number of aliphatic hydroxyl groups excluding tert-OH is 1. The second-order valence-electron chi connectivity index (χ2n) is 5.89. The molecule has 0 saturated carbocycles. The highest BCUT2D eigenvalue weighted by molar-refractivity contribution is 5.73. The van der Waals surface area contributed by atoms with Gasteiger partial charge in [-0.2, -0.15) is 0 Å². The molecule has 0 aliphatic rings. The molecule has 0 spiro atoms. The van der Waals surface area contributed by atoms with Gasteiger partial charge in [-0.15, -0.1) is 0 Å². The molecule has 0 radical (unpaired) electrons. The van der Waals surface area contributed by atoms with E-state index in [0.29, 0.717) is 19.5 Å². The van der Waals surface area contributed by atoms with E-state index in [0.717, 1.165) is 11.3 Å². The summed E-state index contributed by atoms with van der Waals surface area (Å²) in [6.45, 7) is 4.78. The first kappa shape index (κ1) is 17.0. The van der Waals surface area contributed by atoms with Gasteiger partial charge < -0.3 is 20.3 Å². The van der Waals surface area contributed by atoms with Crippen LogP contribution >= 0.6 is 0 Å². The number of hydrogen-bond acceptors (Lipinski definition) is 3. The van der Waals surface area contributed by atoms with Gasteiger partial charge in [-0.3, -0.25) is 0 Å². The topological polar surface area (TPSA) is 79.2 Å². The van der Waals surface area contributed by atoms with Gasteiger partial charge in [0.15, 0.2) is 0 Å². The molecule has 2 amide bonds. The Morgan fingerprint density at radius 3 is 2.61 bits per heavy atom. The van der Waals surface area contributed by atoms with Crippen LogP contribution in [0.1, 0.15) is 25.8 Å². The third-order valence-electron chi connectivity index (χ3n) is 3.55. The van der Waals surface area contributed by atoms with Crippen LogP contribution < -0.4 is 10.6 Å². The number of rotatable bonds is 7. The maximum absolute atomic E-state index is 11.8. The quantitative estimate of drug-likeness (QED) is 0.732. The summed E-state index contributed by atoms with van der Waals surface area (Å²) in [5.74, 6) is 0.246. The van der Waals surface area contributed by atoms with Gasteiger partial charge in [0.2, 0.25) is 0 Å². The Hall–Kier alpha value is -2.34. The average molecular weight is 316 g/mol. The molecule has 2 aromatic rings. The van der Waals surface area contributed by atoms with Gasteiger partial charge in [0.1, 0.15) is 0 Å². The van der Waals surface area contributed by atoms with E-state index in [9.17, 15) is 9.90 Å². The molecule has 6 nitrogen and oxygen atoms in total. The van der Waals surface area contributed by atoms with E-state index >= 15 is 0 Å². The van der Waals surface area contributed by atoms with E-state index in [-0.39, 0.29) is 18.1 Å². The van der Waals surface area contributed by atoms with Crippen molar-refractivity contribution in [3.05, 3.63) is 48.5 Å². The smallest absolute Gasteiger partial charge is 0.315 e. The minimum Gasteiger partial charge on any atom is -0.393 e. The summed E-state index contributed by atoms with van der Waals surface area (Å²) in [6, 6.07) is 7.74. The largest absolute Gasteiger partial charge is 0.393 e.